The minimum absolute atomic E-state index is 0.0975. The normalized spacial score (nSPS) is 14.6. The Morgan fingerprint density at radius 2 is 2.00 bits per heavy atom. The second-order valence-electron chi connectivity index (χ2n) is 4.24. The van der Waals surface area contributed by atoms with Crippen LogP contribution in [0.4, 0.5) is 0 Å². The van der Waals surface area contributed by atoms with Gasteiger partial charge in [-0.05, 0) is 27.4 Å². The predicted molar refractivity (Wildman–Crippen MR) is 72.9 cm³/mol. The van der Waals surface area contributed by atoms with Crippen molar-refractivity contribution in [3.8, 4) is 0 Å². The van der Waals surface area contributed by atoms with Crippen LogP contribution < -0.4 is 5.32 Å². The van der Waals surface area contributed by atoms with E-state index in [1.165, 1.54) is 6.08 Å². The number of carbonyl (C=O) groups is 2. The van der Waals surface area contributed by atoms with E-state index in [1.807, 2.05) is 0 Å². The first kappa shape index (κ1) is 20.8. The Bertz CT molecular complexity index is 321. The lowest BCUT2D eigenvalue weighted by molar-refractivity contribution is -0.254. The fourth-order valence-corrected chi connectivity index (χ4v) is 0.879. The van der Waals surface area contributed by atoms with Gasteiger partial charge < -0.3 is 10.2 Å². The summed E-state index contributed by atoms with van der Waals surface area (Å²) in [6, 6.07) is -0.380. The largest absolute Gasteiger partial charge is 0.480 e. The molecule has 2 atom stereocenters. The van der Waals surface area contributed by atoms with Gasteiger partial charge in [-0.15, -0.1) is 6.58 Å². The number of hydrogen-bond acceptors (Lipinski definition) is 7. The molecule has 20 heavy (non-hydrogen) atoms. The Morgan fingerprint density at radius 1 is 1.50 bits per heavy atom. The molecular formula is C12H24N2O6. The number of aliphatic hydroxyl groups is 1. The molecule has 0 aromatic rings. The number of carboxylic acids is 1. The molecule has 4 N–H and O–H groups in total. The fraction of sp³-hybridized carbons (Fsp3) is 0.667. The Labute approximate surface area is 118 Å². The number of carbonyl (C=O) groups excluding carboxylic acids is 1. The third-order valence-electron chi connectivity index (χ3n) is 2.60. The van der Waals surface area contributed by atoms with Gasteiger partial charge in [0.2, 0.25) is 5.72 Å². The Kier molecular flexibility index (Phi) is 10.8. The van der Waals surface area contributed by atoms with Gasteiger partial charge in [-0.1, -0.05) is 13.0 Å². The van der Waals surface area contributed by atoms with Crippen LogP contribution in [-0.2, 0) is 14.5 Å². The highest BCUT2D eigenvalue weighted by Crippen LogP contribution is 2.06. The number of likely N-dealkylation sites (N-methyl/N-ethyl adjacent to an activating group) is 1. The summed E-state index contributed by atoms with van der Waals surface area (Å²) in [5.41, 5.74) is -1.83. The fourth-order valence-electron chi connectivity index (χ4n) is 0.879. The highest BCUT2D eigenvalue weighted by Gasteiger charge is 2.35. The standard InChI is InChI=1S/C7H13NO4.C5H11NO2/c1-3-5-8-7(10,4-2)6(9)12-11;1-4(5(7)8)6(2)3/h3,8,10-11H,1,4-5H2,2H3;4H,1-3H3,(H,7,8). The van der Waals surface area contributed by atoms with Crippen molar-refractivity contribution in [2.75, 3.05) is 20.6 Å². The SMILES string of the molecule is C=CCNC(O)(CC)C(=O)OO.CC(C(=O)O)N(C)C. The zero-order chi connectivity index (χ0) is 16.3. The number of nitrogens with zero attached hydrogens (tertiary/aromatic N) is 1. The van der Waals surface area contributed by atoms with Gasteiger partial charge in [0.05, 0.1) is 0 Å². The average Bonchev–Trinajstić information content (AvgIpc) is 2.43. The third-order valence-corrected chi connectivity index (χ3v) is 2.60. The van der Waals surface area contributed by atoms with E-state index in [4.69, 9.17) is 10.4 Å². The summed E-state index contributed by atoms with van der Waals surface area (Å²) < 4.78 is 0. The molecule has 0 amide bonds. The molecule has 8 nitrogen and oxygen atoms in total. The highest BCUT2D eigenvalue weighted by molar-refractivity contribution is 5.78. The Morgan fingerprint density at radius 3 is 2.20 bits per heavy atom. The number of aliphatic carboxylic acids is 1. The second kappa shape index (κ2) is 10.3. The van der Waals surface area contributed by atoms with Crippen molar-refractivity contribution in [2.24, 2.45) is 0 Å². The summed E-state index contributed by atoms with van der Waals surface area (Å²) >= 11 is 0. The molecule has 0 rings (SSSR count). The van der Waals surface area contributed by atoms with Gasteiger partial charge in [-0.25, -0.2) is 4.79 Å². The van der Waals surface area contributed by atoms with Crippen molar-refractivity contribution < 1.29 is 29.9 Å². The number of nitrogens with one attached hydrogen (secondary N) is 1. The molecule has 0 aliphatic heterocycles. The Balaban J connectivity index is 0. The molecule has 0 radical (unpaired) electrons. The van der Waals surface area contributed by atoms with E-state index in [0.717, 1.165) is 0 Å². The lowest BCUT2D eigenvalue weighted by atomic mass is 10.1. The zero-order valence-corrected chi connectivity index (χ0v) is 12.3. The van der Waals surface area contributed by atoms with Crippen LogP contribution in [0.5, 0.6) is 0 Å². The van der Waals surface area contributed by atoms with E-state index in [2.05, 4.69) is 16.8 Å². The molecule has 0 spiro atoms. The van der Waals surface area contributed by atoms with Gasteiger partial charge >= 0.3 is 11.9 Å². The van der Waals surface area contributed by atoms with Gasteiger partial charge in [0.15, 0.2) is 0 Å². The first-order chi connectivity index (χ1) is 9.16. The highest BCUT2D eigenvalue weighted by atomic mass is 17.1. The quantitative estimate of drug-likeness (QED) is 0.222. The van der Waals surface area contributed by atoms with Crippen molar-refractivity contribution in [2.45, 2.75) is 32.0 Å². The maximum atomic E-state index is 10.8. The Hall–Kier alpha value is -1.48. The van der Waals surface area contributed by atoms with Crippen molar-refractivity contribution in [1.82, 2.24) is 10.2 Å². The summed E-state index contributed by atoms with van der Waals surface area (Å²) in [6.45, 7) is 6.86. The van der Waals surface area contributed by atoms with Crippen molar-refractivity contribution >= 4 is 11.9 Å². The molecule has 0 fully saturated rings. The van der Waals surface area contributed by atoms with Crippen LogP contribution >= 0.6 is 0 Å². The van der Waals surface area contributed by atoms with Crippen LogP contribution in [0, 0.1) is 0 Å². The van der Waals surface area contributed by atoms with E-state index < -0.39 is 17.7 Å². The third kappa shape index (κ3) is 7.85. The lowest BCUT2D eigenvalue weighted by Gasteiger charge is -2.22. The van der Waals surface area contributed by atoms with E-state index in [-0.39, 0.29) is 19.0 Å². The molecule has 0 bridgehead atoms. The van der Waals surface area contributed by atoms with Crippen LogP contribution in [0.25, 0.3) is 0 Å². The van der Waals surface area contributed by atoms with Crippen LogP contribution in [0.15, 0.2) is 12.7 Å². The molecular weight excluding hydrogens is 268 g/mol. The molecule has 118 valence electrons. The zero-order valence-electron chi connectivity index (χ0n) is 12.3. The lowest BCUT2D eigenvalue weighted by Crippen LogP contribution is -2.52. The summed E-state index contributed by atoms with van der Waals surface area (Å²) in [6.07, 6.45) is 1.57. The molecule has 0 aliphatic rings. The van der Waals surface area contributed by atoms with Crippen molar-refractivity contribution in [1.29, 1.82) is 0 Å². The van der Waals surface area contributed by atoms with Gasteiger partial charge in [0.1, 0.15) is 6.04 Å². The topological polar surface area (TPSA) is 119 Å². The molecule has 0 aromatic carbocycles. The summed E-state index contributed by atoms with van der Waals surface area (Å²) in [5.74, 6) is -1.90. The molecule has 8 heteroatoms. The van der Waals surface area contributed by atoms with Crippen molar-refractivity contribution in [3.63, 3.8) is 0 Å². The number of hydrogen-bond donors (Lipinski definition) is 4. The van der Waals surface area contributed by atoms with E-state index >= 15 is 0 Å². The molecule has 0 aliphatic carbocycles. The minimum atomic E-state index is -1.83. The maximum Gasteiger partial charge on any atom is 0.388 e. The second-order valence-corrected chi connectivity index (χ2v) is 4.24. The summed E-state index contributed by atoms with van der Waals surface area (Å²) in [5, 5.41) is 28.2. The van der Waals surface area contributed by atoms with E-state index in [0.29, 0.717) is 0 Å². The van der Waals surface area contributed by atoms with Crippen molar-refractivity contribution in [3.05, 3.63) is 12.7 Å². The number of carboxylic acid groups (broad SMARTS) is 1. The first-order valence-electron chi connectivity index (χ1n) is 5.99. The average molecular weight is 292 g/mol. The van der Waals surface area contributed by atoms with Gasteiger partial charge in [0.25, 0.3) is 0 Å². The van der Waals surface area contributed by atoms with Gasteiger partial charge in [-0.3, -0.25) is 19.9 Å². The van der Waals surface area contributed by atoms with Gasteiger partial charge in [0, 0.05) is 6.54 Å². The monoisotopic (exact) mass is 292 g/mol. The van der Waals surface area contributed by atoms with E-state index in [1.54, 1.807) is 32.8 Å². The van der Waals surface area contributed by atoms with Gasteiger partial charge in [-0.2, -0.15) is 5.26 Å². The minimum Gasteiger partial charge on any atom is -0.480 e. The number of rotatable bonds is 7. The predicted octanol–water partition coefficient (Wildman–Crippen LogP) is -0.102. The van der Waals surface area contributed by atoms with E-state index in [9.17, 15) is 14.7 Å². The van der Waals surface area contributed by atoms with Crippen LogP contribution in [0.3, 0.4) is 0 Å². The van der Waals surface area contributed by atoms with Crippen LogP contribution in [0.1, 0.15) is 20.3 Å². The van der Waals surface area contributed by atoms with Crippen LogP contribution in [0.2, 0.25) is 0 Å². The molecule has 2 unspecified atom stereocenters. The summed E-state index contributed by atoms with van der Waals surface area (Å²) in [7, 11) is 3.47. The smallest absolute Gasteiger partial charge is 0.388 e. The summed E-state index contributed by atoms with van der Waals surface area (Å²) in [4.78, 5) is 25.9. The first-order valence-corrected chi connectivity index (χ1v) is 5.99. The molecule has 0 saturated heterocycles. The molecule has 0 heterocycles. The molecule has 0 saturated carbocycles. The van der Waals surface area contributed by atoms with Crippen LogP contribution in [-0.4, -0.2) is 64.7 Å². The molecule has 0 aromatic heterocycles. The maximum absolute atomic E-state index is 10.8.